The van der Waals surface area contributed by atoms with Crippen molar-refractivity contribution in [1.82, 2.24) is 5.32 Å². The Bertz CT molecular complexity index is 267. The van der Waals surface area contributed by atoms with Crippen LogP contribution in [0.2, 0.25) is 0 Å². The molecule has 2 saturated heterocycles. The molecule has 1 N–H and O–H groups in total. The number of ether oxygens (including phenoxy) is 3. The van der Waals surface area contributed by atoms with Crippen molar-refractivity contribution in [3.05, 3.63) is 0 Å². The van der Waals surface area contributed by atoms with Gasteiger partial charge in [0.25, 0.3) is 0 Å². The van der Waals surface area contributed by atoms with Crippen molar-refractivity contribution in [2.24, 2.45) is 0 Å². The molecule has 2 aliphatic heterocycles. The number of hydrogen-bond donors (Lipinski definition) is 1. The minimum atomic E-state index is 0.193. The van der Waals surface area contributed by atoms with Crippen LogP contribution in [0.3, 0.4) is 0 Å². The number of rotatable bonds is 3. The van der Waals surface area contributed by atoms with E-state index in [-0.39, 0.29) is 11.7 Å². The molecule has 0 amide bonds. The maximum absolute atomic E-state index is 6.13. The maximum Gasteiger partial charge on any atom is 0.0933 e. The van der Waals surface area contributed by atoms with Gasteiger partial charge in [-0.3, -0.25) is 0 Å². The topological polar surface area (TPSA) is 39.7 Å². The summed E-state index contributed by atoms with van der Waals surface area (Å²) in [6, 6.07) is 0.595. The van der Waals surface area contributed by atoms with Crippen molar-refractivity contribution in [2.75, 3.05) is 33.0 Å². The molecule has 0 radical (unpaired) electrons. The lowest BCUT2D eigenvalue weighted by Gasteiger charge is -2.44. The molecule has 0 bridgehead atoms. The summed E-state index contributed by atoms with van der Waals surface area (Å²) in [6.07, 6.45) is 9.13. The second-order valence-corrected chi connectivity index (χ2v) is 6.26. The van der Waals surface area contributed by atoms with Gasteiger partial charge in [0, 0.05) is 19.2 Å². The molecular weight excluding hydrogens is 242 g/mol. The summed E-state index contributed by atoms with van der Waals surface area (Å²) in [5.74, 6) is 0. The third-order valence-corrected chi connectivity index (χ3v) is 4.78. The summed E-state index contributed by atoms with van der Waals surface area (Å²) in [7, 11) is 0. The first-order valence-electron chi connectivity index (χ1n) is 7.93. The zero-order chi connectivity index (χ0) is 13.0. The molecule has 0 aromatic rings. The molecule has 2 unspecified atom stereocenters. The van der Waals surface area contributed by atoms with Gasteiger partial charge in [0.1, 0.15) is 0 Å². The average Bonchev–Trinajstić information content (AvgIpc) is 2.47. The fourth-order valence-corrected chi connectivity index (χ4v) is 3.70. The predicted molar refractivity (Wildman–Crippen MR) is 73.4 cm³/mol. The largest absolute Gasteiger partial charge is 0.376 e. The third-order valence-electron chi connectivity index (χ3n) is 4.78. The highest BCUT2D eigenvalue weighted by Crippen LogP contribution is 2.38. The first-order valence-corrected chi connectivity index (χ1v) is 7.93. The molecule has 19 heavy (non-hydrogen) atoms. The number of nitrogens with one attached hydrogen (secondary N) is 1. The Morgan fingerprint density at radius 2 is 1.95 bits per heavy atom. The van der Waals surface area contributed by atoms with Gasteiger partial charge in [-0.1, -0.05) is 19.3 Å². The average molecular weight is 269 g/mol. The first kappa shape index (κ1) is 13.8. The molecule has 2 atom stereocenters. The molecule has 1 aliphatic carbocycles. The Labute approximate surface area is 116 Å². The van der Waals surface area contributed by atoms with Crippen LogP contribution in [-0.4, -0.2) is 50.7 Å². The Morgan fingerprint density at radius 1 is 1.05 bits per heavy atom. The minimum Gasteiger partial charge on any atom is -0.376 e. The van der Waals surface area contributed by atoms with Gasteiger partial charge in [-0.05, 0) is 25.7 Å². The van der Waals surface area contributed by atoms with E-state index in [1.807, 2.05) is 0 Å². The molecule has 3 fully saturated rings. The second kappa shape index (κ2) is 6.53. The summed E-state index contributed by atoms with van der Waals surface area (Å²) in [5.41, 5.74) is 0.193. The second-order valence-electron chi connectivity index (χ2n) is 6.26. The van der Waals surface area contributed by atoms with E-state index in [1.165, 1.54) is 38.5 Å². The first-order chi connectivity index (χ1) is 9.36. The molecule has 1 spiro atoms. The fourth-order valence-electron chi connectivity index (χ4n) is 3.70. The highest BCUT2D eigenvalue weighted by atomic mass is 16.6. The third kappa shape index (κ3) is 3.69. The molecule has 1 saturated carbocycles. The smallest absolute Gasteiger partial charge is 0.0933 e. The predicted octanol–water partition coefficient (Wildman–Crippen LogP) is 1.87. The Balaban J connectivity index is 1.45. The maximum atomic E-state index is 6.13. The Kier molecular flexibility index (Phi) is 4.74. The lowest BCUT2D eigenvalue weighted by Crippen LogP contribution is -2.50. The normalized spacial score (nSPS) is 35.4. The molecule has 3 aliphatic rings. The highest BCUT2D eigenvalue weighted by Gasteiger charge is 2.38. The van der Waals surface area contributed by atoms with E-state index >= 15 is 0 Å². The molecule has 2 heterocycles. The summed E-state index contributed by atoms with van der Waals surface area (Å²) in [5, 5.41) is 3.68. The molecule has 0 aromatic carbocycles. The standard InChI is InChI=1S/C15H27NO3/c1-2-5-15(6-3-1)10-13(4-7-19-15)16-11-14-12-17-8-9-18-14/h13-14,16H,1-12H2. The minimum absolute atomic E-state index is 0.193. The van der Waals surface area contributed by atoms with Crippen molar-refractivity contribution in [3.8, 4) is 0 Å². The van der Waals surface area contributed by atoms with Crippen LogP contribution in [0.5, 0.6) is 0 Å². The molecule has 4 nitrogen and oxygen atoms in total. The number of hydrogen-bond acceptors (Lipinski definition) is 4. The van der Waals surface area contributed by atoms with Crippen LogP contribution in [0.25, 0.3) is 0 Å². The quantitative estimate of drug-likeness (QED) is 0.849. The van der Waals surface area contributed by atoms with Crippen molar-refractivity contribution >= 4 is 0 Å². The van der Waals surface area contributed by atoms with Crippen LogP contribution in [0.1, 0.15) is 44.9 Å². The van der Waals surface area contributed by atoms with Crippen LogP contribution in [0, 0.1) is 0 Å². The van der Waals surface area contributed by atoms with Crippen molar-refractivity contribution in [3.63, 3.8) is 0 Å². The van der Waals surface area contributed by atoms with Gasteiger partial charge in [-0.2, -0.15) is 0 Å². The van der Waals surface area contributed by atoms with Gasteiger partial charge in [0.15, 0.2) is 0 Å². The van der Waals surface area contributed by atoms with Gasteiger partial charge in [0.05, 0.1) is 31.5 Å². The van der Waals surface area contributed by atoms with Crippen molar-refractivity contribution < 1.29 is 14.2 Å². The zero-order valence-corrected chi connectivity index (χ0v) is 11.9. The van der Waals surface area contributed by atoms with E-state index < -0.39 is 0 Å². The summed E-state index contributed by atoms with van der Waals surface area (Å²) < 4.78 is 17.3. The van der Waals surface area contributed by atoms with E-state index in [2.05, 4.69) is 5.32 Å². The van der Waals surface area contributed by atoms with Gasteiger partial charge in [-0.25, -0.2) is 0 Å². The lowest BCUT2D eigenvalue weighted by atomic mass is 9.78. The van der Waals surface area contributed by atoms with E-state index in [9.17, 15) is 0 Å². The molecule has 4 heteroatoms. The van der Waals surface area contributed by atoms with E-state index in [1.54, 1.807) is 0 Å². The Hall–Kier alpha value is -0.160. The van der Waals surface area contributed by atoms with E-state index in [0.29, 0.717) is 6.04 Å². The SMILES string of the molecule is C1CCC2(CC1)CC(NCC1COCCO1)CCO2. The van der Waals surface area contributed by atoms with Gasteiger partial charge in [-0.15, -0.1) is 0 Å². The zero-order valence-electron chi connectivity index (χ0n) is 11.9. The van der Waals surface area contributed by atoms with Crippen LogP contribution in [0.4, 0.5) is 0 Å². The van der Waals surface area contributed by atoms with Crippen LogP contribution in [-0.2, 0) is 14.2 Å². The Morgan fingerprint density at radius 3 is 2.74 bits per heavy atom. The summed E-state index contributed by atoms with van der Waals surface area (Å²) in [6.45, 7) is 4.06. The van der Waals surface area contributed by atoms with Gasteiger partial charge in [0.2, 0.25) is 0 Å². The van der Waals surface area contributed by atoms with Crippen molar-refractivity contribution in [1.29, 1.82) is 0 Å². The molecule has 0 aromatic heterocycles. The van der Waals surface area contributed by atoms with Crippen LogP contribution >= 0.6 is 0 Å². The van der Waals surface area contributed by atoms with Crippen molar-refractivity contribution in [2.45, 2.75) is 62.7 Å². The lowest BCUT2D eigenvalue weighted by molar-refractivity contribution is -0.114. The summed E-state index contributed by atoms with van der Waals surface area (Å²) >= 11 is 0. The fraction of sp³-hybridized carbons (Fsp3) is 1.00. The van der Waals surface area contributed by atoms with Crippen LogP contribution in [0.15, 0.2) is 0 Å². The monoisotopic (exact) mass is 269 g/mol. The van der Waals surface area contributed by atoms with E-state index in [0.717, 1.165) is 39.4 Å². The highest BCUT2D eigenvalue weighted by molar-refractivity contribution is 4.92. The molecular formula is C15H27NO3. The summed E-state index contributed by atoms with van der Waals surface area (Å²) in [4.78, 5) is 0. The van der Waals surface area contributed by atoms with E-state index in [4.69, 9.17) is 14.2 Å². The van der Waals surface area contributed by atoms with Gasteiger partial charge >= 0.3 is 0 Å². The molecule has 110 valence electrons. The molecule has 3 rings (SSSR count). The van der Waals surface area contributed by atoms with Crippen LogP contribution < -0.4 is 5.32 Å². The van der Waals surface area contributed by atoms with Gasteiger partial charge < -0.3 is 19.5 Å².